The number of benzene rings is 3. The molecule has 3 aromatic rings. The first-order valence-electron chi connectivity index (χ1n) is 15.7. The van der Waals surface area contributed by atoms with E-state index in [-0.39, 0.29) is 41.1 Å². The molecule has 0 radical (unpaired) electrons. The molecule has 1 unspecified atom stereocenters. The Morgan fingerprint density at radius 3 is 2.11 bits per heavy atom. The van der Waals surface area contributed by atoms with E-state index in [1.165, 1.54) is 25.2 Å². The second-order valence-corrected chi connectivity index (χ2v) is 14.5. The van der Waals surface area contributed by atoms with Crippen LogP contribution in [0.3, 0.4) is 0 Å². The number of aliphatic hydroxyl groups excluding tert-OH is 1. The maximum atomic E-state index is 13.9. The van der Waals surface area contributed by atoms with Gasteiger partial charge in [0.1, 0.15) is 6.04 Å². The van der Waals surface area contributed by atoms with Crippen LogP contribution in [-0.2, 0) is 21.2 Å². The van der Waals surface area contributed by atoms with Gasteiger partial charge in [0.25, 0.3) is 11.8 Å². The lowest BCUT2D eigenvalue weighted by Crippen LogP contribution is -2.64. The van der Waals surface area contributed by atoms with Gasteiger partial charge in [0, 0.05) is 37.8 Å². The number of carbonyl (C=O) groups excluding carboxylic acids is 3. The van der Waals surface area contributed by atoms with E-state index in [1.807, 2.05) is 81.4 Å². The standard InChI is InChI=1S/C35H45N5O6S/c1-23(2)22-40-17-16-36-31(35(40)44)32(41)30(18-25-12-8-6-9-13-25)38-34(43)28-19-27(20-29(21-28)39(4)47(5,45)46)33(42)37-24(3)26-14-10-7-11-15-26/h6-15,19-21,23-24,30-32,36,41H,16-18,22H2,1-5H3,(H,37,42)(H,38,43)/t24-,30+,31?,32+/m1/s1. The minimum absolute atomic E-state index is 0.0186. The summed E-state index contributed by atoms with van der Waals surface area (Å²) in [5, 5.41) is 20.6. The molecule has 252 valence electrons. The zero-order valence-corrected chi connectivity index (χ0v) is 28.3. The summed E-state index contributed by atoms with van der Waals surface area (Å²) in [7, 11) is -2.40. The largest absolute Gasteiger partial charge is 0.389 e. The van der Waals surface area contributed by atoms with E-state index in [4.69, 9.17) is 0 Å². The molecule has 1 aliphatic heterocycles. The molecular formula is C35H45N5O6S. The van der Waals surface area contributed by atoms with Crippen molar-refractivity contribution in [2.75, 3.05) is 37.2 Å². The minimum atomic E-state index is -3.74. The Labute approximate surface area is 277 Å². The predicted molar refractivity (Wildman–Crippen MR) is 183 cm³/mol. The van der Waals surface area contributed by atoms with Crippen LogP contribution < -0.4 is 20.3 Å². The van der Waals surface area contributed by atoms with Gasteiger partial charge in [0.15, 0.2) is 0 Å². The second-order valence-electron chi connectivity index (χ2n) is 12.5. The number of carbonyl (C=O) groups is 3. The smallest absolute Gasteiger partial charge is 0.251 e. The van der Waals surface area contributed by atoms with Crippen LogP contribution in [0.1, 0.15) is 58.7 Å². The molecule has 0 saturated carbocycles. The van der Waals surface area contributed by atoms with E-state index < -0.39 is 40.0 Å². The summed E-state index contributed by atoms with van der Waals surface area (Å²) in [6, 6.07) is 20.6. The summed E-state index contributed by atoms with van der Waals surface area (Å²) in [6.45, 7) is 7.42. The van der Waals surface area contributed by atoms with Crippen LogP contribution in [0.5, 0.6) is 0 Å². The van der Waals surface area contributed by atoms with Crippen molar-refractivity contribution in [3.05, 3.63) is 101 Å². The van der Waals surface area contributed by atoms with E-state index in [0.29, 0.717) is 19.6 Å². The molecule has 1 aliphatic rings. The molecule has 4 atom stereocenters. The molecule has 4 N–H and O–H groups in total. The number of hydrogen-bond donors (Lipinski definition) is 4. The lowest BCUT2D eigenvalue weighted by Gasteiger charge is -2.38. The predicted octanol–water partition coefficient (Wildman–Crippen LogP) is 2.73. The molecule has 3 amide bonds. The Morgan fingerprint density at radius 2 is 1.53 bits per heavy atom. The van der Waals surface area contributed by atoms with Gasteiger partial charge in [-0.1, -0.05) is 74.5 Å². The normalized spacial score (nSPS) is 17.1. The molecule has 3 aromatic carbocycles. The SMILES string of the molecule is CC(C)CN1CCNC([C@@H](O)[C@H](Cc2ccccc2)NC(=O)c2cc(C(=O)N[C@H](C)c3ccccc3)cc(N(C)S(C)(=O)=O)c2)C1=O. The second kappa shape index (κ2) is 15.6. The maximum Gasteiger partial charge on any atom is 0.251 e. The summed E-state index contributed by atoms with van der Waals surface area (Å²) < 4.78 is 25.9. The quantitative estimate of drug-likeness (QED) is 0.220. The lowest BCUT2D eigenvalue weighted by molar-refractivity contribution is -0.140. The Kier molecular flexibility index (Phi) is 11.8. The van der Waals surface area contributed by atoms with Crippen LogP contribution in [0, 0.1) is 5.92 Å². The van der Waals surface area contributed by atoms with Crippen molar-refractivity contribution in [2.45, 2.75) is 51.4 Å². The fraction of sp³-hybridized carbons (Fsp3) is 0.400. The van der Waals surface area contributed by atoms with Crippen molar-refractivity contribution in [3.63, 3.8) is 0 Å². The number of amides is 3. The number of nitrogens with zero attached hydrogens (tertiary/aromatic N) is 2. The number of anilines is 1. The third-order valence-corrected chi connectivity index (χ3v) is 9.43. The molecule has 0 bridgehead atoms. The Morgan fingerprint density at radius 1 is 0.957 bits per heavy atom. The highest BCUT2D eigenvalue weighted by Crippen LogP contribution is 2.23. The molecule has 0 aliphatic carbocycles. The third-order valence-electron chi connectivity index (χ3n) is 8.23. The van der Waals surface area contributed by atoms with Crippen molar-refractivity contribution >= 4 is 33.4 Å². The molecular weight excluding hydrogens is 618 g/mol. The average molecular weight is 664 g/mol. The molecule has 47 heavy (non-hydrogen) atoms. The number of piperazine rings is 1. The third kappa shape index (κ3) is 9.40. The van der Waals surface area contributed by atoms with Crippen LogP contribution in [-0.4, -0.2) is 87.3 Å². The van der Waals surface area contributed by atoms with Gasteiger partial charge in [0.2, 0.25) is 15.9 Å². The summed E-state index contributed by atoms with van der Waals surface area (Å²) in [5.41, 5.74) is 1.93. The summed E-state index contributed by atoms with van der Waals surface area (Å²) in [6.07, 6.45) is -0.0493. The number of hydrogen-bond acceptors (Lipinski definition) is 7. The minimum Gasteiger partial charge on any atom is -0.389 e. The number of aliphatic hydroxyl groups is 1. The van der Waals surface area contributed by atoms with Gasteiger partial charge in [-0.25, -0.2) is 8.42 Å². The van der Waals surface area contributed by atoms with Crippen molar-refractivity contribution < 1.29 is 27.9 Å². The zero-order valence-electron chi connectivity index (χ0n) is 27.5. The molecule has 12 heteroatoms. The van der Waals surface area contributed by atoms with Gasteiger partial charge in [0.05, 0.1) is 30.1 Å². The van der Waals surface area contributed by atoms with Crippen LogP contribution >= 0.6 is 0 Å². The van der Waals surface area contributed by atoms with Crippen molar-refractivity contribution in [2.24, 2.45) is 5.92 Å². The topological polar surface area (TPSA) is 148 Å². The summed E-state index contributed by atoms with van der Waals surface area (Å²) in [5.74, 6) is -1.13. The number of sulfonamides is 1. The first-order chi connectivity index (χ1) is 22.2. The zero-order chi connectivity index (χ0) is 34.3. The number of rotatable bonds is 13. The maximum absolute atomic E-state index is 13.9. The van der Waals surface area contributed by atoms with Gasteiger partial charge >= 0.3 is 0 Å². The van der Waals surface area contributed by atoms with E-state index in [0.717, 1.165) is 21.7 Å². The van der Waals surface area contributed by atoms with Crippen LogP contribution in [0.25, 0.3) is 0 Å². The molecule has 11 nitrogen and oxygen atoms in total. The fourth-order valence-corrected chi connectivity index (χ4v) is 6.09. The fourth-order valence-electron chi connectivity index (χ4n) is 5.60. The Balaban J connectivity index is 1.66. The molecule has 1 heterocycles. The molecule has 1 fully saturated rings. The van der Waals surface area contributed by atoms with Crippen molar-refractivity contribution in [1.29, 1.82) is 0 Å². The molecule has 4 rings (SSSR count). The molecule has 0 aromatic heterocycles. The highest BCUT2D eigenvalue weighted by Gasteiger charge is 2.38. The first-order valence-corrected chi connectivity index (χ1v) is 17.6. The van der Waals surface area contributed by atoms with Gasteiger partial charge < -0.3 is 26.0 Å². The monoisotopic (exact) mass is 663 g/mol. The highest BCUT2D eigenvalue weighted by molar-refractivity contribution is 7.92. The van der Waals surface area contributed by atoms with Crippen LogP contribution in [0.2, 0.25) is 0 Å². The highest BCUT2D eigenvalue weighted by atomic mass is 32.2. The Hall–Kier alpha value is -4.26. The van der Waals surface area contributed by atoms with Crippen LogP contribution in [0.15, 0.2) is 78.9 Å². The Bertz CT molecular complexity index is 1650. The van der Waals surface area contributed by atoms with E-state index in [2.05, 4.69) is 16.0 Å². The van der Waals surface area contributed by atoms with E-state index in [1.54, 1.807) is 4.90 Å². The van der Waals surface area contributed by atoms with Gasteiger partial charge in [-0.05, 0) is 48.6 Å². The lowest BCUT2D eigenvalue weighted by atomic mass is 9.93. The summed E-state index contributed by atoms with van der Waals surface area (Å²) >= 11 is 0. The van der Waals surface area contributed by atoms with Crippen molar-refractivity contribution in [3.8, 4) is 0 Å². The van der Waals surface area contributed by atoms with Crippen LogP contribution in [0.4, 0.5) is 5.69 Å². The molecule has 0 spiro atoms. The average Bonchev–Trinajstić information content (AvgIpc) is 3.04. The van der Waals surface area contributed by atoms with Gasteiger partial charge in [-0.2, -0.15) is 0 Å². The molecule has 1 saturated heterocycles. The van der Waals surface area contributed by atoms with E-state index >= 15 is 0 Å². The van der Waals surface area contributed by atoms with Crippen molar-refractivity contribution in [1.82, 2.24) is 20.9 Å². The summed E-state index contributed by atoms with van der Waals surface area (Å²) in [4.78, 5) is 42.5. The first kappa shape index (κ1) is 35.6. The number of nitrogens with one attached hydrogen (secondary N) is 3. The van der Waals surface area contributed by atoms with Gasteiger partial charge in [-0.15, -0.1) is 0 Å². The van der Waals surface area contributed by atoms with E-state index in [9.17, 15) is 27.9 Å². The van der Waals surface area contributed by atoms with Gasteiger partial charge in [-0.3, -0.25) is 18.7 Å².